The van der Waals surface area contributed by atoms with E-state index in [9.17, 15) is 18.4 Å². The normalized spacial score (nSPS) is 11.0. The molecule has 1 amide bonds. The van der Waals surface area contributed by atoms with Gasteiger partial charge >= 0.3 is 5.63 Å². The molecule has 0 saturated carbocycles. The maximum absolute atomic E-state index is 13.0. The second-order valence-corrected chi connectivity index (χ2v) is 6.53. The monoisotopic (exact) mass is 442 g/mol. The molecule has 0 aliphatic heterocycles. The number of alkyl halides is 2. The molecule has 14 heteroatoms. The molecule has 0 aliphatic rings. The van der Waals surface area contributed by atoms with Crippen molar-refractivity contribution in [1.29, 1.82) is 0 Å². The number of carbonyl (C=O) groups excluding carboxylic acids is 1. The summed E-state index contributed by atoms with van der Waals surface area (Å²) < 4.78 is 41.8. The lowest BCUT2D eigenvalue weighted by molar-refractivity contribution is 0.0991. The second kappa shape index (κ2) is 9.41. The van der Waals surface area contributed by atoms with Crippen LogP contribution in [0, 0.1) is 0 Å². The Labute approximate surface area is 171 Å². The maximum atomic E-state index is 13.0. The number of ether oxygens (including phenoxy) is 2. The van der Waals surface area contributed by atoms with Crippen molar-refractivity contribution in [3.05, 3.63) is 40.2 Å². The van der Waals surface area contributed by atoms with Gasteiger partial charge in [0, 0.05) is 25.9 Å². The Kier molecular flexibility index (Phi) is 6.68. The van der Waals surface area contributed by atoms with Gasteiger partial charge in [-0.15, -0.1) is 10.2 Å². The molecule has 3 heterocycles. The van der Waals surface area contributed by atoms with Crippen molar-refractivity contribution in [2.24, 2.45) is 0 Å². The molecule has 3 aromatic heterocycles. The van der Waals surface area contributed by atoms with E-state index in [-0.39, 0.29) is 33.2 Å². The molecule has 0 aliphatic carbocycles. The summed E-state index contributed by atoms with van der Waals surface area (Å²) in [5, 5.41) is 16.6. The van der Waals surface area contributed by atoms with Gasteiger partial charge in [-0.1, -0.05) is 11.3 Å². The van der Waals surface area contributed by atoms with Gasteiger partial charge in [-0.05, 0) is 6.07 Å². The van der Waals surface area contributed by atoms with Crippen LogP contribution in [0.15, 0.2) is 27.5 Å². The van der Waals surface area contributed by atoms with Crippen molar-refractivity contribution in [2.75, 3.05) is 38.0 Å². The Morgan fingerprint density at radius 3 is 2.87 bits per heavy atom. The first-order valence-electron chi connectivity index (χ1n) is 8.36. The van der Waals surface area contributed by atoms with Gasteiger partial charge in [-0.2, -0.15) is 5.10 Å². The smallest absolute Gasteiger partial charge is 0.381 e. The minimum absolute atomic E-state index is 0.00178. The quantitative estimate of drug-likeness (QED) is 0.477. The summed E-state index contributed by atoms with van der Waals surface area (Å²) in [4.78, 5) is 24.6. The molecule has 0 radical (unpaired) electrons. The highest BCUT2D eigenvalue weighted by Gasteiger charge is 2.21. The van der Waals surface area contributed by atoms with E-state index in [1.54, 1.807) is 0 Å². The third kappa shape index (κ3) is 4.60. The van der Waals surface area contributed by atoms with Gasteiger partial charge in [0.25, 0.3) is 12.3 Å². The van der Waals surface area contributed by atoms with Gasteiger partial charge in [-0.25, -0.2) is 18.3 Å². The van der Waals surface area contributed by atoms with Gasteiger partial charge < -0.3 is 19.2 Å². The number of nitrogens with one attached hydrogen (secondary N) is 2. The molecule has 0 aromatic carbocycles. The number of anilines is 2. The molecule has 160 valence electrons. The lowest BCUT2D eigenvalue weighted by Gasteiger charge is -2.10. The minimum atomic E-state index is -2.76. The van der Waals surface area contributed by atoms with Gasteiger partial charge in [0.1, 0.15) is 5.69 Å². The number of nitrogens with zero attached hydrogens (tertiary/aromatic N) is 4. The average Bonchev–Trinajstić information content (AvgIpc) is 3.37. The Morgan fingerprint density at radius 2 is 2.17 bits per heavy atom. The topological polar surface area (TPSA) is 133 Å². The van der Waals surface area contributed by atoms with E-state index in [0.717, 1.165) is 22.1 Å². The Balaban J connectivity index is 1.80. The first-order chi connectivity index (χ1) is 14.4. The molecule has 3 aromatic rings. The van der Waals surface area contributed by atoms with Crippen LogP contribution in [-0.2, 0) is 4.74 Å². The Morgan fingerprint density at radius 1 is 1.37 bits per heavy atom. The van der Waals surface area contributed by atoms with Crippen LogP contribution in [0.2, 0.25) is 0 Å². The molecule has 0 bridgehead atoms. The summed E-state index contributed by atoms with van der Waals surface area (Å²) in [6.07, 6.45) is -1.56. The molecule has 0 fully saturated rings. The van der Waals surface area contributed by atoms with Gasteiger partial charge in [-0.3, -0.25) is 10.1 Å². The van der Waals surface area contributed by atoms with Crippen LogP contribution in [0.4, 0.5) is 19.6 Å². The van der Waals surface area contributed by atoms with Crippen LogP contribution in [0.3, 0.4) is 0 Å². The summed E-state index contributed by atoms with van der Waals surface area (Å²) in [5.74, 6) is -1.20. The van der Waals surface area contributed by atoms with Crippen molar-refractivity contribution in [3.8, 4) is 10.9 Å². The number of methoxy groups -OCH3 is 2. The van der Waals surface area contributed by atoms with E-state index < -0.39 is 18.0 Å². The number of carbonyl (C=O) groups is 1. The number of halogens is 2. The minimum Gasteiger partial charge on any atom is -0.488 e. The van der Waals surface area contributed by atoms with E-state index in [1.165, 1.54) is 26.5 Å². The number of rotatable bonds is 9. The van der Waals surface area contributed by atoms with E-state index in [2.05, 4.69) is 25.9 Å². The van der Waals surface area contributed by atoms with E-state index >= 15 is 0 Å². The zero-order valence-electron chi connectivity index (χ0n) is 15.7. The highest BCUT2D eigenvalue weighted by atomic mass is 32.1. The van der Waals surface area contributed by atoms with Crippen LogP contribution < -0.4 is 21.0 Å². The maximum Gasteiger partial charge on any atom is 0.381 e. The molecular formula is C16H16F2N6O5S. The van der Waals surface area contributed by atoms with Gasteiger partial charge in [0.05, 0.1) is 19.4 Å². The van der Waals surface area contributed by atoms with Crippen molar-refractivity contribution in [2.45, 2.75) is 6.43 Å². The summed E-state index contributed by atoms with van der Waals surface area (Å²) in [6, 6.07) is 2.43. The fourth-order valence-corrected chi connectivity index (χ4v) is 3.07. The summed E-state index contributed by atoms with van der Waals surface area (Å²) in [5.41, 5.74) is -0.981. The largest absolute Gasteiger partial charge is 0.488 e. The van der Waals surface area contributed by atoms with Crippen LogP contribution >= 0.6 is 11.3 Å². The molecule has 0 atom stereocenters. The molecular weight excluding hydrogens is 426 g/mol. The van der Waals surface area contributed by atoms with Gasteiger partial charge in [0.15, 0.2) is 5.76 Å². The standard InChI is InChI=1S/C16H16F2N6O5S/c1-27-6-5-19-8-7-10(29-14(26)11(8)28-2)13(25)21-15-22-23-16(30-15)24-9(12(17)18)3-4-20-24/h3-4,7,12,19H,5-6H2,1-2H3,(H,21,22,25). The van der Waals surface area contributed by atoms with Crippen LogP contribution in [0.1, 0.15) is 22.7 Å². The van der Waals surface area contributed by atoms with Crippen LogP contribution in [0.25, 0.3) is 5.13 Å². The zero-order valence-corrected chi connectivity index (χ0v) is 16.5. The van der Waals surface area contributed by atoms with Crippen LogP contribution in [0.5, 0.6) is 5.75 Å². The van der Waals surface area contributed by atoms with E-state index in [1.807, 2.05) is 0 Å². The average molecular weight is 442 g/mol. The number of aromatic nitrogens is 4. The fraction of sp³-hybridized carbons (Fsp3) is 0.312. The van der Waals surface area contributed by atoms with Crippen molar-refractivity contribution in [1.82, 2.24) is 20.0 Å². The predicted octanol–water partition coefficient (Wildman–Crippen LogP) is 1.93. The number of hydrogen-bond acceptors (Lipinski definition) is 10. The SMILES string of the molecule is COCCNc1cc(C(=O)Nc2nnc(-n3nccc3C(F)F)s2)oc(=O)c1OC. The first-order valence-corrected chi connectivity index (χ1v) is 9.18. The third-order valence-corrected chi connectivity index (χ3v) is 4.48. The predicted molar refractivity (Wildman–Crippen MR) is 102 cm³/mol. The molecule has 0 saturated heterocycles. The summed E-state index contributed by atoms with van der Waals surface area (Å²) in [6.45, 7) is 0.708. The third-order valence-electron chi connectivity index (χ3n) is 3.67. The second-order valence-electron chi connectivity index (χ2n) is 5.58. The molecule has 2 N–H and O–H groups in total. The highest BCUT2D eigenvalue weighted by molar-refractivity contribution is 7.17. The van der Waals surface area contributed by atoms with Crippen molar-refractivity contribution >= 4 is 28.1 Å². The first kappa shape index (κ1) is 21.3. The molecule has 0 unspecified atom stereocenters. The van der Waals surface area contributed by atoms with Crippen molar-refractivity contribution < 1.29 is 27.5 Å². The number of amides is 1. The van der Waals surface area contributed by atoms with Gasteiger partial charge in [0.2, 0.25) is 16.0 Å². The molecule has 0 spiro atoms. The van der Waals surface area contributed by atoms with E-state index in [0.29, 0.717) is 13.2 Å². The lowest BCUT2D eigenvalue weighted by Crippen LogP contribution is -2.18. The van der Waals surface area contributed by atoms with Crippen molar-refractivity contribution in [3.63, 3.8) is 0 Å². The summed E-state index contributed by atoms with van der Waals surface area (Å²) in [7, 11) is 2.81. The molecule has 3 rings (SSSR count). The van der Waals surface area contributed by atoms with E-state index in [4.69, 9.17) is 13.9 Å². The molecule has 30 heavy (non-hydrogen) atoms. The fourth-order valence-electron chi connectivity index (χ4n) is 2.36. The van der Waals surface area contributed by atoms with Crippen LogP contribution in [-0.4, -0.2) is 53.3 Å². The lowest BCUT2D eigenvalue weighted by atomic mass is 10.3. The zero-order chi connectivity index (χ0) is 21.7. The summed E-state index contributed by atoms with van der Waals surface area (Å²) >= 11 is 0.814. The Bertz CT molecular complexity index is 1080. The number of hydrogen-bond donors (Lipinski definition) is 2. The highest BCUT2D eigenvalue weighted by Crippen LogP contribution is 2.26. The Hall–Kier alpha value is -3.39. The molecule has 11 nitrogen and oxygen atoms in total.